The van der Waals surface area contributed by atoms with Crippen molar-refractivity contribution in [3.8, 4) is 0 Å². The Labute approximate surface area is 45.2 Å². The van der Waals surface area contributed by atoms with Crippen LogP contribution in [0.15, 0.2) is 12.2 Å². The van der Waals surface area contributed by atoms with Crippen molar-refractivity contribution in [3.63, 3.8) is 0 Å². The zero-order valence-corrected chi connectivity index (χ0v) is 5.02. The van der Waals surface area contributed by atoms with E-state index in [9.17, 15) is 0 Å². The van der Waals surface area contributed by atoms with Crippen LogP contribution < -0.4 is 0 Å². The van der Waals surface area contributed by atoms with Gasteiger partial charge in [-0.05, 0) is 18.3 Å². The van der Waals surface area contributed by atoms with E-state index in [4.69, 9.17) is 0 Å². The Morgan fingerprint density at radius 3 is 1.71 bits per heavy atom. The highest BCUT2D eigenvalue weighted by atomic mass is 14.1. The second-order valence-corrected chi connectivity index (χ2v) is 2.58. The summed E-state index contributed by atoms with van der Waals surface area (Å²) in [4.78, 5) is 0. The van der Waals surface area contributed by atoms with Crippen LogP contribution >= 0.6 is 0 Å². The smallest absolute Gasteiger partial charge is 0.0256 e. The summed E-state index contributed by atoms with van der Waals surface area (Å²) < 4.78 is 0. The molecule has 0 saturated heterocycles. The Morgan fingerprint density at radius 2 is 1.57 bits per heavy atom. The van der Waals surface area contributed by atoms with Gasteiger partial charge in [0.2, 0.25) is 0 Å². The summed E-state index contributed by atoms with van der Waals surface area (Å²) in [5, 5.41) is 0. The van der Waals surface area contributed by atoms with Crippen LogP contribution in [0, 0.1) is 11.8 Å². The lowest BCUT2D eigenvalue weighted by Crippen LogP contribution is -1.86. The highest BCUT2D eigenvalue weighted by Crippen LogP contribution is 2.21. The Morgan fingerprint density at radius 1 is 1.14 bits per heavy atom. The maximum absolute atomic E-state index is 2.30. The molecular formula is C7H12. The lowest BCUT2D eigenvalue weighted by molar-refractivity contribution is 0.591. The molecule has 0 heteroatoms. The summed E-state index contributed by atoms with van der Waals surface area (Å²) >= 11 is 0. The average molecular weight is 96.2 g/mol. The molecule has 0 spiro atoms. The lowest BCUT2D eigenvalue weighted by Gasteiger charge is -1.97. The van der Waals surface area contributed by atoms with Gasteiger partial charge < -0.3 is 0 Å². The van der Waals surface area contributed by atoms with Crippen molar-refractivity contribution in [2.24, 2.45) is 11.8 Å². The normalized spacial score (nSPS) is 39.7. The number of hydrogen-bond acceptors (Lipinski definition) is 0. The van der Waals surface area contributed by atoms with Gasteiger partial charge in [-0.15, -0.1) is 0 Å². The SMILES string of the molecule is C[C@@H]1C=C[C@@H](C)C1. The standard InChI is InChI=1S/C7H12/c1-6-3-4-7(2)5-6/h3-4,6-7H,5H2,1-2H3/t6-,7-/m1/s1. The molecule has 0 nitrogen and oxygen atoms in total. The molecule has 0 heterocycles. The maximum Gasteiger partial charge on any atom is -0.0256 e. The van der Waals surface area contributed by atoms with Crippen molar-refractivity contribution in [2.75, 3.05) is 0 Å². The van der Waals surface area contributed by atoms with Gasteiger partial charge in [-0.2, -0.15) is 0 Å². The maximum atomic E-state index is 2.30. The van der Waals surface area contributed by atoms with Gasteiger partial charge >= 0.3 is 0 Å². The first kappa shape index (κ1) is 4.89. The zero-order chi connectivity index (χ0) is 5.28. The average Bonchev–Trinajstić information content (AvgIpc) is 1.87. The van der Waals surface area contributed by atoms with E-state index in [1.807, 2.05) is 0 Å². The van der Waals surface area contributed by atoms with Crippen LogP contribution in [-0.4, -0.2) is 0 Å². The molecule has 2 atom stereocenters. The molecule has 0 radical (unpaired) electrons. The van der Waals surface area contributed by atoms with E-state index >= 15 is 0 Å². The van der Waals surface area contributed by atoms with E-state index in [0.717, 1.165) is 11.8 Å². The molecule has 1 aliphatic carbocycles. The fraction of sp³-hybridized carbons (Fsp3) is 0.714. The second-order valence-electron chi connectivity index (χ2n) is 2.58. The third-order valence-electron chi connectivity index (χ3n) is 1.51. The largest absolute Gasteiger partial charge is 0.0854 e. The second kappa shape index (κ2) is 1.69. The molecule has 1 rings (SSSR count). The zero-order valence-electron chi connectivity index (χ0n) is 5.02. The van der Waals surface area contributed by atoms with Crippen LogP contribution in [0.2, 0.25) is 0 Å². The van der Waals surface area contributed by atoms with Crippen LogP contribution in [0.4, 0.5) is 0 Å². The molecule has 0 unspecified atom stereocenters. The quantitative estimate of drug-likeness (QED) is 0.406. The van der Waals surface area contributed by atoms with Gasteiger partial charge in [-0.25, -0.2) is 0 Å². The summed E-state index contributed by atoms with van der Waals surface area (Å²) in [6.07, 6.45) is 5.95. The van der Waals surface area contributed by atoms with E-state index in [0.29, 0.717) is 0 Å². The first-order valence-electron chi connectivity index (χ1n) is 2.97. The summed E-state index contributed by atoms with van der Waals surface area (Å²) in [5.41, 5.74) is 0. The molecule has 0 N–H and O–H groups in total. The molecule has 0 aromatic heterocycles. The van der Waals surface area contributed by atoms with Gasteiger partial charge in [-0.1, -0.05) is 26.0 Å². The summed E-state index contributed by atoms with van der Waals surface area (Å²) in [6, 6.07) is 0. The first-order chi connectivity index (χ1) is 3.29. The third-order valence-corrected chi connectivity index (χ3v) is 1.51. The molecule has 0 aliphatic heterocycles. The van der Waals surface area contributed by atoms with Gasteiger partial charge in [-0.3, -0.25) is 0 Å². The number of rotatable bonds is 0. The van der Waals surface area contributed by atoms with Crippen molar-refractivity contribution in [3.05, 3.63) is 12.2 Å². The first-order valence-corrected chi connectivity index (χ1v) is 2.97. The third kappa shape index (κ3) is 1.05. The van der Waals surface area contributed by atoms with Gasteiger partial charge in [0.15, 0.2) is 0 Å². The highest BCUT2D eigenvalue weighted by Gasteiger charge is 2.08. The van der Waals surface area contributed by atoms with Crippen LogP contribution in [0.3, 0.4) is 0 Å². The minimum absolute atomic E-state index is 0.843. The highest BCUT2D eigenvalue weighted by molar-refractivity contribution is 4.98. The topological polar surface area (TPSA) is 0 Å². The fourth-order valence-electron chi connectivity index (χ4n) is 1.12. The molecular weight excluding hydrogens is 84.1 g/mol. The molecule has 40 valence electrons. The summed E-state index contributed by atoms with van der Waals surface area (Å²) in [5.74, 6) is 1.69. The Kier molecular flexibility index (Phi) is 1.18. The van der Waals surface area contributed by atoms with Gasteiger partial charge in [0.05, 0.1) is 0 Å². The predicted octanol–water partition coefficient (Wildman–Crippen LogP) is 2.22. The lowest BCUT2D eigenvalue weighted by atomic mass is 10.1. The number of hydrogen-bond donors (Lipinski definition) is 0. The summed E-state index contributed by atoms with van der Waals surface area (Å²) in [6.45, 7) is 4.53. The van der Waals surface area contributed by atoms with Crippen molar-refractivity contribution in [1.82, 2.24) is 0 Å². The van der Waals surface area contributed by atoms with Crippen LogP contribution in [0.5, 0.6) is 0 Å². The summed E-state index contributed by atoms with van der Waals surface area (Å²) in [7, 11) is 0. The number of allylic oxidation sites excluding steroid dienone is 2. The van der Waals surface area contributed by atoms with Crippen LogP contribution in [-0.2, 0) is 0 Å². The minimum atomic E-state index is 0.843. The molecule has 0 amide bonds. The van der Waals surface area contributed by atoms with Crippen molar-refractivity contribution in [2.45, 2.75) is 20.3 Å². The van der Waals surface area contributed by atoms with Gasteiger partial charge in [0.25, 0.3) is 0 Å². The van der Waals surface area contributed by atoms with Crippen LogP contribution in [0.25, 0.3) is 0 Å². The monoisotopic (exact) mass is 96.1 g/mol. The Bertz CT molecular complexity index is 72.0. The fourth-order valence-corrected chi connectivity index (χ4v) is 1.12. The van der Waals surface area contributed by atoms with Crippen molar-refractivity contribution >= 4 is 0 Å². The van der Waals surface area contributed by atoms with E-state index in [1.165, 1.54) is 6.42 Å². The van der Waals surface area contributed by atoms with Gasteiger partial charge in [0.1, 0.15) is 0 Å². The molecule has 7 heavy (non-hydrogen) atoms. The van der Waals surface area contributed by atoms with Crippen molar-refractivity contribution in [1.29, 1.82) is 0 Å². The molecule has 1 aliphatic rings. The molecule has 0 fully saturated rings. The molecule has 0 aromatic carbocycles. The van der Waals surface area contributed by atoms with Gasteiger partial charge in [0, 0.05) is 0 Å². The minimum Gasteiger partial charge on any atom is -0.0854 e. The predicted molar refractivity (Wildman–Crippen MR) is 32.1 cm³/mol. The molecule has 0 bridgehead atoms. The van der Waals surface area contributed by atoms with E-state index in [1.54, 1.807) is 0 Å². The van der Waals surface area contributed by atoms with E-state index in [-0.39, 0.29) is 0 Å². The molecule has 0 aromatic rings. The van der Waals surface area contributed by atoms with Crippen molar-refractivity contribution < 1.29 is 0 Å². The Hall–Kier alpha value is -0.260. The van der Waals surface area contributed by atoms with Crippen LogP contribution in [0.1, 0.15) is 20.3 Å². The van der Waals surface area contributed by atoms with E-state index in [2.05, 4.69) is 26.0 Å². The molecule has 0 saturated carbocycles. The van der Waals surface area contributed by atoms with E-state index < -0.39 is 0 Å². The Balaban J connectivity index is 2.42.